The number of hydrogen-bond donors (Lipinski definition) is 0. The maximum atomic E-state index is 12.8. The summed E-state index contributed by atoms with van der Waals surface area (Å²) in [5.74, 6) is 0.502. The van der Waals surface area contributed by atoms with Gasteiger partial charge in [-0.15, -0.1) is 0 Å². The smallest absolute Gasteiger partial charge is 0.142 e. The Kier molecular flexibility index (Phi) is 6.00. The molecule has 0 amide bonds. The predicted octanol–water partition coefficient (Wildman–Crippen LogP) is 3.65. The molecule has 0 bridgehead atoms. The number of hydrogen-bond acceptors (Lipinski definition) is 5. The first-order valence-corrected chi connectivity index (χ1v) is 10.6. The summed E-state index contributed by atoms with van der Waals surface area (Å²) in [6.45, 7) is 5.48. The summed E-state index contributed by atoms with van der Waals surface area (Å²) in [5.41, 5.74) is 2.71. The molecule has 4 rings (SSSR count). The van der Waals surface area contributed by atoms with E-state index >= 15 is 0 Å². The van der Waals surface area contributed by atoms with Crippen molar-refractivity contribution >= 4 is 16.6 Å². The Bertz CT molecular complexity index is 988. The number of carbonyl (C=O) groups excluding carboxylic acids is 1. The number of pyridine rings is 2. The average molecular weight is 392 g/mol. The fourth-order valence-electron chi connectivity index (χ4n) is 4.07. The lowest BCUT2D eigenvalue weighted by atomic mass is 9.90. The maximum absolute atomic E-state index is 12.8. The zero-order chi connectivity index (χ0) is 20.2. The molecular formula is C23H29N5O. The van der Waals surface area contributed by atoms with Crippen LogP contribution in [0.2, 0.25) is 0 Å². The van der Waals surface area contributed by atoms with Gasteiger partial charge in [0.25, 0.3) is 0 Å². The minimum Gasteiger partial charge on any atom is -0.303 e. The minimum atomic E-state index is 0.175. The standard InChI is InChI=1S/C23H29N5O/c1-3-4-7-28-8-5-17(6-9-28)23(29)12-21-10-18-11-22(20-15-26-27(2)16-20)25-14-19(18)13-24-21/h10-11,13-17H,3-9,12H2,1-2H3. The van der Waals surface area contributed by atoms with Crippen LogP contribution in [0.5, 0.6) is 0 Å². The molecule has 1 aliphatic heterocycles. The molecule has 1 aliphatic rings. The highest BCUT2D eigenvalue weighted by Gasteiger charge is 2.24. The number of fused-ring (bicyclic) bond motifs is 1. The van der Waals surface area contributed by atoms with Crippen molar-refractivity contribution < 1.29 is 4.79 Å². The molecule has 29 heavy (non-hydrogen) atoms. The first-order valence-electron chi connectivity index (χ1n) is 10.6. The molecule has 0 saturated carbocycles. The molecular weight excluding hydrogens is 362 g/mol. The Morgan fingerprint density at radius 3 is 2.62 bits per heavy atom. The summed E-state index contributed by atoms with van der Waals surface area (Å²) in [6.07, 6.45) is 12.3. The van der Waals surface area contributed by atoms with E-state index in [1.807, 2.05) is 44.0 Å². The highest BCUT2D eigenvalue weighted by molar-refractivity contribution is 5.87. The van der Waals surface area contributed by atoms with Gasteiger partial charge in [-0.3, -0.25) is 19.4 Å². The second-order valence-corrected chi connectivity index (χ2v) is 8.11. The average Bonchev–Trinajstić information content (AvgIpc) is 3.18. The van der Waals surface area contributed by atoms with Crippen LogP contribution in [-0.2, 0) is 18.3 Å². The topological polar surface area (TPSA) is 63.9 Å². The number of likely N-dealkylation sites (tertiary alicyclic amines) is 1. The molecule has 6 nitrogen and oxygen atoms in total. The maximum Gasteiger partial charge on any atom is 0.142 e. The Labute approximate surface area is 172 Å². The summed E-state index contributed by atoms with van der Waals surface area (Å²) in [7, 11) is 1.90. The van der Waals surface area contributed by atoms with Crippen LogP contribution in [0.25, 0.3) is 22.0 Å². The number of unbranched alkanes of at least 4 members (excludes halogenated alkanes) is 1. The number of Topliss-reactive ketones (excluding diaryl/α,β-unsaturated/α-hetero) is 1. The SMILES string of the molecule is CCCCN1CCC(C(=O)Cc2cc3cc(-c4cnn(C)c4)ncc3cn2)CC1. The second kappa shape index (κ2) is 8.82. The molecule has 1 fully saturated rings. The van der Waals surface area contributed by atoms with Crippen molar-refractivity contribution in [2.24, 2.45) is 13.0 Å². The zero-order valence-corrected chi connectivity index (χ0v) is 17.3. The molecule has 3 aromatic rings. The molecule has 6 heteroatoms. The van der Waals surface area contributed by atoms with Crippen molar-refractivity contribution in [3.8, 4) is 11.3 Å². The van der Waals surface area contributed by atoms with Gasteiger partial charge in [0.1, 0.15) is 5.78 Å². The van der Waals surface area contributed by atoms with E-state index in [0.717, 1.165) is 60.2 Å². The molecule has 0 radical (unpaired) electrons. The normalized spacial score (nSPS) is 15.8. The molecule has 0 aromatic carbocycles. The third-order valence-corrected chi connectivity index (χ3v) is 5.89. The molecule has 0 N–H and O–H groups in total. The fourth-order valence-corrected chi connectivity index (χ4v) is 4.07. The van der Waals surface area contributed by atoms with Crippen molar-refractivity contribution in [2.75, 3.05) is 19.6 Å². The highest BCUT2D eigenvalue weighted by Crippen LogP contribution is 2.23. The lowest BCUT2D eigenvalue weighted by Crippen LogP contribution is -2.37. The van der Waals surface area contributed by atoms with Gasteiger partial charge in [0.05, 0.1) is 11.9 Å². The van der Waals surface area contributed by atoms with Gasteiger partial charge in [-0.2, -0.15) is 5.10 Å². The lowest BCUT2D eigenvalue weighted by molar-refractivity contribution is -0.123. The number of nitrogens with zero attached hydrogens (tertiary/aromatic N) is 5. The number of aryl methyl sites for hydroxylation is 1. The Morgan fingerprint density at radius 1 is 1.10 bits per heavy atom. The minimum absolute atomic E-state index is 0.175. The number of carbonyl (C=O) groups is 1. The molecule has 0 unspecified atom stereocenters. The van der Waals surface area contributed by atoms with Gasteiger partial charge < -0.3 is 4.90 Å². The van der Waals surface area contributed by atoms with Gasteiger partial charge in [-0.05, 0) is 56.4 Å². The Balaban J connectivity index is 1.43. The third-order valence-electron chi connectivity index (χ3n) is 5.89. The van der Waals surface area contributed by atoms with Crippen molar-refractivity contribution in [2.45, 2.75) is 39.0 Å². The van der Waals surface area contributed by atoms with Gasteiger partial charge >= 0.3 is 0 Å². The van der Waals surface area contributed by atoms with Crippen LogP contribution >= 0.6 is 0 Å². The van der Waals surface area contributed by atoms with E-state index < -0.39 is 0 Å². The monoisotopic (exact) mass is 391 g/mol. The van der Waals surface area contributed by atoms with Gasteiger partial charge in [-0.1, -0.05) is 13.3 Å². The van der Waals surface area contributed by atoms with Crippen molar-refractivity contribution in [1.29, 1.82) is 0 Å². The van der Waals surface area contributed by atoms with Crippen LogP contribution < -0.4 is 0 Å². The molecule has 0 aliphatic carbocycles. The van der Waals surface area contributed by atoms with E-state index in [1.165, 1.54) is 12.8 Å². The van der Waals surface area contributed by atoms with Crippen LogP contribution in [0.1, 0.15) is 38.3 Å². The van der Waals surface area contributed by atoms with Crippen LogP contribution in [0.4, 0.5) is 0 Å². The van der Waals surface area contributed by atoms with Crippen LogP contribution in [0, 0.1) is 5.92 Å². The number of ketones is 1. The highest BCUT2D eigenvalue weighted by atomic mass is 16.1. The summed E-state index contributed by atoms with van der Waals surface area (Å²) >= 11 is 0. The largest absolute Gasteiger partial charge is 0.303 e. The first kappa shape index (κ1) is 19.7. The second-order valence-electron chi connectivity index (χ2n) is 8.11. The van der Waals surface area contributed by atoms with Crippen molar-refractivity contribution in [1.82, 2.24) is 24.6 Å². The molecule has 0 spiro atoms. The van der Waals surface area contributed by atoms with E-state index in [4.69, 9.17) is 0 Å². The lowest BCUT2D eigenvalue weighted by Gasteiger charge is -2.31. The van der Waals surface area contributed by atoms with Crippen LogP contribution in [0.3, 0.4) is 0 Å². The van der Waals surface area contributed by atoms with Crippen molar-refractivity contribution in [3.05, 3.63) is 42.6 Å². The molecule has 1 saturated heterocycles. The molecule has 4 heterocycles. The fraction of sp³-hybridized carbons (Fsp3) is 0.478. The number of piperidine rings is 1. The number of rotatable bonds is 7. The summed E-state index contributed by atoms with van der Waals surface area (Å²) in [5, 5.41) is 6.27. The van der Waals surface area contributed by atoms with Gasteiger partial charge in [0.2, 0.25) is 0 Å². The zero-order valence-electron chi connectivity index (χ0n) is 17.3. The van der Waals surface area contributed by atoms with Crippen LogP contribution in [-0.4, -0.2) is 50.1 Å². The van der Waals surface area contributed by atoms with E-state index in [9.17, 15) is 4.79 Å². The molecule has 0 atom stereocenters. The third kappa shape index (κ3) is 4.70. The van der Waals surface area contributed by atoms with Gasteiger partial charge in [0, 0.05) is 54.6 Å². The van der Waals surface area contributed by atoms with Crippen molar-refractivity contribution in [3.63, 3.8) is 0 Å². The number of aromatic nitrogens is 4. The predicted molar refractivity (Wildman–Crippen MR) is 115 cm³/mol. The Hall–Kier alpha value is -2.60. The Morgan fingerprint density at radius 2 is 1.90 bits per heavy atom. The van der Waals surface area contributed by atoms with Crippen LogP contribution in [0.15, 0.2) is 36.9 Å². The molecule has 3 aromatic heterocycles. The quantitative estimate of drug-likeness (QED) is 0.615. The van der Waals surface area contributed by atoms with Gasteiger partial charge in [-0.25, -0.2) is 0 Å². The summed E-state index contributed by atoms with van der Waals surface area (Å²) < 4.78 is 1.77. The summed E-state index contributed by atoms with van der Waals surface area (Å²) in [4.78, 5) is 24.4. The van der Waals surface area contributed by atoms with E-state index in [2.05, 4.69) is 26.9 Å². The van der Waals surface area contributed by atoms with Gasteiger partial charge in [0.15, 0.2) is 0 Å². The van der Waals surface area contributed by atoms with E-state index in [0.29, 0.717) is 12.2 Å². The van der Waals surface area contributed by atoms with E-state index in [1.54, 1.807) is 4.68 Å². The van der Waals surface area contributed by atoms with E-state index in [-0.39, 0.29) is 5.92 Å². The molecule has 152 valence electrons. The first-order chi connectivity index (χ1) is 14.1. The summed E-state index contributed by atoms with van der Waals surface area (Å²) in [6, 6.07) is 4.08.